The van der Waals surface area contributed by atoms with Gasteiger partial charge in [-0.25, -0.2) is 14.1 Å². The summed E-state index contributed by atoms with van der Waals surface area (Å²) in [5.41, 5.74) is 2.05. The summed E-state index contributed by atoms with van der Waals surface area (Å²) >= 11 is 6.21. The number of benzene rings is 1. The number of aryl methyl sites for hydroxylation is 1. The Morgan fingerprint density at radius 2 is 2.04 bits per heavy atom. The van der Waals surface area contributed by atoms with Crippen LogP contribution in [0.4, 0.5) is 21.8 Å². The van der Waals surface area contributed by atoms with E-state index in [0.29, 0.717) is 12.4 Å². The number of hydrogen-bond acceptors (Lipinski definition) is 6. The first-order valence-electron chi connectivity index (χ1n) is 7.98. The predicted octanol–water partition coefficient (Wildman–Crippen LogP) is 3.27. The summed E-state index contributed by atoms with van der Waals surface area (Å²) in [6.45, 7) is 2.46. The maximum absolute atomic E-state index is 15.1. The Labute approximate surface area is 155 Å². The summed E-state index contributed by atoms with van der Waals surface area (Å²) in [6.07, 6.45) is 3.39. The van der Waals surface area contributed by atoms with Gasteiger partial charge < -0.3 is 16.0 Å². The molecule has 0 saturated carbocycles. The van der Waals surface area contributed by atoms with Crippen molar-refractivity contribution in [3.8, 4) is 5.69 Å². The molecule has 7 nitrogen and oxygen atoms in total. The minimum Gasteiger partial charge on any atom is -0.373 e. The third-order valence-corrected chi connectivity index (χ3v) is 3.97. The molecule has 0 bridgehead atoms. The van der Waals surface area contributed by atoms with E-state index in [4.69, 9.17) is 11.6 Å². The standard InChI is InChI=1S/C17H19ClFN7/c1-10-6-14(21-3)25-17(23-10)24-13-5-4-12(18)16(15(13)19)26-9-11(7-20-2)8-22-26/h4-6,8-9,20H,7H2,1-3H3,(H2,21,23,24,25). The summed E-state index contributed by atoms with van der Waals surface area (Å²) in [5, 5.41) is 13.3. The van der Waals surface area contributed by atoms with Crippen LogP contribution >= 0.6 is 11.6 Å². The van der Waals surface area contributed by atoms with E-state index < -0.39 is 5.82 Å². The van der Waals surface area contributed by atoms with Gasteiger partial charge in [-0.2, -0.15) is 10.1 Å². The topological polar surface area (TPSA) is 79.7 Å². The zero-order chi connectivity index (χ0) is 18.7. The smallest absolute Gasteiger partial charge is 0.229 e. The SMILES string of the molecule is CNCc1cnn(-c2c(Cl)ccc(Nc3nc(C)cc(NC)n3)c2F)c1. The zero-order valence-corrected chi connectivity index (χ0v) is 15.4. The quantitative estimate of drug-likeness (QED) is 0.613. The van der Waals surface area contributed by atoms with E-state index in [0.717, 1.165) is 11.3 Å². The van der Waals surface area contributed by atoms with Gasteiger partial charge in [-0.1, -0.05) is 11.6 Å². The van der Waals surface area contributed by atoms with Crippen molar-refractivity contribution in [1.29, 1.82) is 0 Å². The number of hydrogen-bond donors (Lipinski definition) is 3. The fourth-order valence-corrected chi connectivity index (χ4v) is 2.73. The second-order valence-corrected chi connectivity index (χ2v) is 6.08. The number of aromatic nitrogens is 4. The largest absolute Gasteiger partial charge is 0.373 e. The molecule has 2 heterocycles. The van der Waals surface area contributed by atoms with Gasteiger partial charge in [0.25, 0.3) is 0 Å². The molecule has 0 fully saturated rings. The molecule has 0 aliphatic heterocycles. The van der Waals surface area contributed by atoms with E-state index in [1.165, 1.54) is 4.68 Å². The first-order valence-corrected chi connectivity index (χ1v) is 8.36. The van der Waals surface area contributed by atoms with E-state index in [1.54, 1.807) is 37.6 Å². The number of anilines is 3. The predicted molar refractivity (Wildman–Crippen MR) is 101 cm³/mol. The van der Waals surface area contributed by atoms with E-state index in [-0.39, 0.29) is 22.3 Å². The molecule has 9 heteroatoms. The molecular weight excluding hydrogens is 357 g/mol. The molecular formula is C17H19ClFN7. The Bertz CT molecular complexity index is 925. The molecule has 2 aromatic heterocycles. The van der Waals surface area contributed by atoms with Gasteiger partial charge in [-0.15, -0.1) is 0 Å². The fraction of sp³-hybridized carbons (Fsp3) is 0.235. The van der Waals surface area contributed by atoms with Crippen molar-refractivity contribution < 1.29 is 4.39 Å². The summed E-state index contributed by atoms with van der Waals surface area (Å²) < 4.78 is 16.5. The maximum atomic E-state index is 15.1. The summed E-state index contributed by atoms with van der Waals surface area (Å²) in [5.74, 6) is 0.393. The van der Waals surface area contributed by atoms with Gasteiger partial charge in [0.15, 0.2) is 5.82 Å². The maximum Gasteiger partial charge on any atom is 0.229 e. The lowest BCUT2D eigenvalue weighted by Gasteiger charge is -2.12. The lowest BCUT2D eigenvalue weighted by molar-refractivity contribution is 0.614. The highest BCUT2D eigenvalue weighted by molar-refractivity contribution is 6.32. The van der Waals surface area contributed by atoms with Crippen LogP contribution < -0.4 is 16.0 Å². The normalized spacial score (nSPS) is 10.8. The second kappa shape index (κ2) is 7.67. The van der Waals surface area contributed by atoms with Crippen molar-refractivity contribution >= 4 is 29.1 Å². The third-order valence-electron chi connectivity index (χ3n) is 3.67. The van der Waals surface area contributed by atoms with Crippen LogP contribution in [0.5, 0.6) is 0 Å². The van der Waals surface area contributed by atoms with E-state index in [1.807, 2.05) is 14.0 Å². The minimum absolute atomic E-state index is 0.167. The Balaban J connectivity index is 1.98. The molecule has 0 aliphatic carbocycles. The van der Waals surface area contributed by atoms with Gasteiger partial charge in [0, 0.05) is 37.1 Å². The average molecular weight is 376 g/mol. The molecule has 0 spiro atoms. The van der Waals surface area contributed by atoms with Crippen molar-refractivity contribution in [2.24, 2.45) is 0 Å². The molecule has 136 valence electrons. The van der Waals surface area contributed by atoms with Crippen molar-refractivity contribution in [2.45, 2.75) is 13.5 Å². The van der Waals surface area contributed by atoms with Crippen LogP contribution in [0, 0.1) is 12.7 Å². The second-order valence-electron chi connectivity index (χ2n) is 5.67. The van der Waals surface area contributed by atoms with Gasteiger partial charge in [0.05, 0.1) is 16.9 Å². The third kappa shape index (κ3) is 3.76. The monoisotopic (exact) mass is 375 g/mol. The van der Waals surface area contributed by atoms with Gasteiger partial charge in [-0.3, -0.25) is 0 Å². The van der Waals surface area contributed by atoms with Crippen LogP contribution in [-0.2, 0) is 6.54 Å². The minimum atomic E-state index is -0.535. The molecule has 3 aromatic rings. The van der Waals surface area contributed by atoms with Crippen LogP contribution in [-0.4, -0.2) is 33.8 Å². The Hall–Kier alpha value is -2.71. The van der Waals surface area contributed by atoms with Crippen LogP contribution in [0.3, 0.4) is 0 Å². The summed E-state index contributed by atoms with van der Waals surface area (Å²) in [4.78, 5) is 8.56. The molecule has 0 atom stereocenters. The number of nitrogens with zero attached hydrogens (tertiary/aromatic N) is 4. The first kappa shape index (κ1) is 18.1. The lowest BCUT2D eigenvalue weighted by Crippen LogP contribution is -2.07. The average Bonchev–Trinajstić information content (AvgIpc) is 3.05. The molecule has 0 radical (unpaired) electrons. The van der Waals surface area contributed by atoms with E-state index >= 15 is 4.39 Å². The molecule has 26 heavy (non-hydrogen) atoms. The summed E-state index contributed by atoms with van der Waals surface area (Å²) in [7, 11) is 3.59. The van der Waals surface area contributed by atoms with Gasteiger partial charge in [0.1, 0.15) is 11.5 Å². The van der Waals surface area contributed by atoms with E-state index in [2.05, 4.69) is 31.0 Å². The molecule has 0 unspecified atom stereocenters. The molecule has 3 rings (SSSR count). The van der Waals surface area contributed by atoms with Crippen molar-refractivity contribution in [3.63, 3.8) is 0 Å². The van der Waals surface area contributed by atoms with Gasteiger partial charge >= 0.3 is 0 Å². The Morgan fingerprint density at radius 1 is 1.23 bits per heavy atom. The molecule has 0 amide bonds. The lowest BCUT2D eigenvalue weighted by atomic mass is 10.2. The number of halogens is 2. The van der Waals surface area contributed by atoms with Crippen LogP contribution in [0.1, 0.15) is 11.3 Å². The molecule has 0 aliphatic rings. The van der Waals surface area contributed by atoms with Gasteiger partial charge in [-0.05, 0) is 26.1 Å². The highest BCUT2D eigenvalue weighted by atomic mass is 35.5. The van der Waals surface area contributed by atoms with Crippen molar-refractivity contribution in [2.75, 3.05) is 24.7 Å². The van der Waals surface area contributed by atoms with Crippen molar-refractivity contribution in [1.82, 2.24) is 25.1 Å². The zero-order valence-electron chi connectivity index (χ0n) is 14.6. The van der Waals surface area contributed by atoms with Crippen molar-refractivity contribution in [3.05, 3.63) is 52.7 Å². The highest BCUT2D eigenvalue weighted by Gasteiger charge is 2.16. The van der Waals surface area contributed by atoms with Crippen LogP contribution in [0.2, 0.25) is 5.02 Å². The molecule has 1 aromatic carbocycles. The van der Waals surface area contributed by atoms with Gasteiger partial charge in [0.2, 0.25) is 5.95 Å². The first-order chi connectivity index (χ1) is 12.5. The Kier molecular flexibility index (Phi) is 5.34. The van der Waals surface area contributed by atoms with E-state index in [9.17, 15) is 0 Å². The number of nitrogens with one attached hydrogen (secondary N) is 3. The van der Waals surface area contributed by atoms with Crippen LogP contribution in [0.15, 0.2) is 30.6 Å². The summed E-state index contributed by atoms with van der Waals surface area (Å²) in [6, 6.07) is 4.95. The highest BCUT2D eigenvalue weighted by Crippen LogP contribution is 2.30. The Morgan fingerprint density at radius 3 is 2.77 bits per heavy atom. The molecule has 0 saturated heterocycles. The van der Waals surface area contributed by atoms with Crippen LogP contribution in [0.25, 0.3) is 5.69 Å². The molecule has 3 N–H and O–H groups in total. The fourth-order valence-electron chi connectivity index (χ4n) is 2.50. The number of rotatable bonds is 6.